The molecule has 0 radical (unpaired) electrons. The zero-order valence-electron chi connectivity index (χ0n) is 9.93. The second kappa shape index (κ2) is 5.45. The molecule has 0 amide bonds. The molecule has 1 aliphatic heterocycles. The third-order valence-electron chi connectivity index (χ3n) is 3.32. The molecule has 4 heteroatoms. The normalized spacial score (nSPS) is 17.1. The van der Waals surface area contributed by atoms with E-state index < -0.39 is 11.6 Å². The lowest BCUT2D eigenvalue weighted by Gasteiger charge is -2.23. The number of methoxy groups -OCH3 is 1. The van der Waals surface area contributed by atoms with Gasteiger partial charge in [0.05, 0.1) is 7.11 Å². The zero-order valence-corrected chi connectivity index (χ0v) is 9.93. The molecular weight excluding hydrogens is 224 g/mol. The fourth-order valence-electron chi connectivity index (χ4n) is 2.30. The first-order valence-corrected chi connectivity index (χ1v) is 5.94. The minimum Gasteiger partial charge on any atom is -0.494 e. The highest BCUT2D eigenvalue weighted by Crippen LogP contribution is 2.27. The minimum atomic E-state index is -0.550. The first-order chi connectivity index (χ1) is 8.22. The average Bonchev–Trinajstić information content (AvgIpc) is 2.36. The van der Waals surface area contributed by atoms with E-state index in [9.17, 15) is 8.78 Å². The number of hydrogen-bond acceptors (Lipinski definition) is 2. The second-order valence-corrected chi connectivity index (χ2v) is 4.44. The lowest BCUT2D eigenvalue weighted by atomic mass is 9.90. The molecule has 0 spiro atoms. The van der Waals surface area contributed by atoms with Gasteiger partial charge in [-0.3, -0.25) is 0 Å². The Bertz CT molecular complexity index is 389. The van der Waals surface area contributed by atoms with Crippen LogP contribution in [0.15, 0.2) is 12.1 Å². The zero-order chi connectivity index (χ0) is 12.3. The lowest BCUT2D eigenvalue weighted by molar-refractivity contribution is 0.352. The molecule has 2 rings (SSSR count). The molecule has 0 atom stereocenters. The molecule has 0 saturated carbocycles. The third-order valence-corrected chi connectivity index (χ3v) is 3.32. The molecule has 1 heterocycles. The van der Waals surface area contributed by atoms with Crippen molar-refractivity contribution in [2.24, 2.45) is 5.92 Å². The number of halogens is 2. The highest BCUT2D eigenvalue weighted by atomic mass is 19.1. The largest absolute Gasteiger partial charge is 0.494 e. The van der Waals surface area contributed by atoms with Crippen molar-refractivity contribution in [2.45, 2.75) is 19.3 Å². The van der Waals surface area contributed by atoms with Crippen molar-refractivity contribution in [3.8, 4) is 5.75 Å². The van der Waals surface area contributed by atoms with E-state index in [-0.39, 0.29) is 11.3 Å². The van der Waals surface area contributed by atoms with Crippen LogP contribution in [0.5, 0.6) is 5.75 Å². The Morgan fingerprint density at radius 2 is 2.00 bits per heavy atom. The first kappa shape index (κ1) is 12.3. The molecule has 1 aromatic rings. The van der Waals surface area contributed by atoms with Crippen molar-refractivity contribution >= 4 is 0 Å². The fourth-order valence-corrected chi connectivity index (χ4v) is 2.30. The van der Waals surface area contributed by atoms with E-state index in [4.69, 9.17) is 4.74 Å². The summed E-state index contributed by atoms with van der Waals surface area (Å²) in [6.45, 7) is 1.86. The van der Waals surface area contributed by atoms with E-state index in [2.05, 4.69) is 5.32 Å². The van der Waals surface area contributed by atoms with Crippen LogP contribution < -0.4 is 10.1 Å². The standard InChI is InChI=1S/C13H17F2NO/c1-17-12-3-2-11(14)10(13(12)15)8-9-4-6-16-7-5-9/h2-3,9,16H,4-8H2,1H3. The molecule has 1 aliphatic rings. The molecule has 0 aliphatic carbocycles. The highest BCUT2D eigenvalue weighted by Gasteiger charge is 2.20. The number of ether oxygens (including phenoxy) is 1. The van der Waals surface area contributed by atoms with Crippen LogP contribution in [0.2, 0.25) is 0 Å². The second-order valence-electron chi connectivity index (χ2n) is 4.44. The number of piperidine rings is 1. The summed E-state index contributed by atoms with van der Waals surface area (Å²) in [5.41, 5.74) is 0.163. The average molecular weight is 241 g/mol. The van der Waals surface area contributed by atoms with Crippen molar-refractivity contribution in [3.05, 3.63) is 29.3 Å². The summed E-state index contributed by atoms with van der Waals surface area (Å²) in [4.78, 5) is 0. The van der Waals surface area contributed by atoms with Gasteiger partial charge in [0.2, 0.25) is 0 Å². The van der Waals surface area contributed by atoms with Gasteiger partial charge in [-0.05, 0) is 50.4 Å². The predicted octanol–water partition coefficient (Wildman–Crippen LogP) is 2.52. The minimum absolute atomic E-state index is 0.121. The highest BCUT2D eigenvalue weighted by molar-refractivity contribution is 5.32. The van der Waals surface area contributed by atoms with Gasteiger partial charge >= 0.3 is 0 Å². The smallest absolute Gasteiger partial charge is 0.171 e. The predicted molar refractivity (Wildman–Crippen MR) is 62.2 cm³/mol. The van der Waals surface area contributed by atoms with Crippen LogP contribution in [-0.4, -0.2) is 20.2 Å². The number of nitrogens with one attached hydrogen (secondary N) is 1. The lowest BCUT2D eigenvalue weighted by Crippen LogP contribution is -2.29. The van der Waals surface area contributed by atoms with Crippen molar-refractivity contribution in [2.75, 3.05) is 20.2 Å². The Morgan fingerprint density at radius 1 is 1.29 bits per heavy atom. The Hall–Kier alpha value is -1.16. The van der Waals surface area contributed by atoms with Gasteiger partial charge in [-0.15, -0.1) is 0 Å². The van der Waals surface area contributed by atoms with Gasteiger partial charge in [-0.25, -0.2) is 8.78 Å². The summed E-state index contributed by atoms with van der Waals surface area (Å²) in [6.07, 6.45) is 2.39. The summed E-state index contributed by atoms with van der Waals surface area (Å²) in [7, 11) is 1.39. The topological polar surface area (TPSA) is 21.3 Å². The molecule has 94 valence electrons. The third kappa shape index (κ3) is 2.75. The van der Waals surface area contributed by atoms with Crippen LogP contribution in [0, 0.1) is 17.6 Å². The Balaban J connectivity index is 2.18. The van der Waals surface area contributed by atoms with Crippen LogP contribution in [0.4, 0.5) is 8.78 Å². The molecule has 2 nitrogen and oxygen atoms in total. The maximum atomic E-state index is 13.9. The van der Waals surface area contributed by atoms with Crippen LogP contribution >= 0.6 is 0 Å². The molecule has 0 aromatic heterocycles. The molecule has 1 saturated heterocycles. The molecular formula is C13H17F2NO. The molecule has 1 aromatic carbocycles. The van der Waals surface area contributed by atoms with Crippen molar-refractivity contribution in [1.82, 2.24) is 5.32 Å². The summed E-state index contributed by atoms with van der Waals surface area (Å²) in [5, 5.41) is 3.24. The Morgan fingerprint density at radius 3 is 2.65 bits per heavy atom. The van der Waals surface area contributed by atoms with Gasteiger partial charge in [-0.1, -0.05) is 0 Å². The number of benzene rings is 1. The maximum absolute atomic E-state index is 13.9. The quantitative estimate of drug-likeness (QED) is 0.878. The van der Waals surface area contributed by atoms with Gasteiger partial charge in [-0.2, -0.15) is 0 Å². The Labute approximate surface area is 100.0 Å². The van der Waals surface area contributed by atoms with Gasteiger partial charge in [0.1, 0.15) is 5.82 Å². The van der Waals surface area contributed by atoms with E-state index in [0.29, 0.717) is 12.3 Å². The fraction of sp³-hybridized carbons (Fsp3) is 0.538. The van der Waals surface area contributed by atoms with Crippen LogP contribution in [0.3, 0.4) is 0 Å². The van der Waals surface area contributed by atoms with Gasteiger partial charge < -0.3 is 10.1 Å². The summed E-state index contributed by atoms with van der Waals surface area (Å²) in [6, 6.07) is 2.61. The Kier molecular flexibility index (Phi) is 3.94. The monoisotopic (exact) mass is 241 g/mol. The van der Waals surface area contributed by atoms with Crippen molar-refractivity contribution in [3.63, 3.8) is 0 Å². The van der Waals surface area contributed by atoms with E-state index in [1.807, 2.05) is 0 Å². The van der Waals surface area contributed by atoms with Gasteiger partial charge in [0.15, 0.2) is 11.6 Å². The molecule has 0 bridgehead atoms. The number of hydrogen-bond donors (Lipinski definition) is 1. The molecule has 17 heavy (non-hydrogen) atoms. The SMILES string of the molecule is COc1ccc(F)c(CC2CCNCC2)c1F. The maximum Gasteiger partial charge on any atom is 0.171 e. The number of rotatable bonds is 3. The molecule has 0 unspecified atom stereocenters. The van der Waals surface area contributed by atoms with E-state index in [1.165, 1.54) is 19.2 Å². The van der Waals surface area contributed by atoms with E-state index >= 15 is 0 Å². The van der Waals surface area contributed by atoms with Gasteiger partial charge in [0.25, 0.3) is 0 Å². The van der Waals surface area contributed by atoms with Crippen molar-refractivity contribution < 1.29 is 13.5 Å². The summed E-state index contributed by atoms with van der Waals surface area (Å²) < 4.78 is 32.4. The van der Waals surface area contributed by atoms with E-state index in [0.717, 1.165) is 25.9 Å². The van der Waals surface area contributed by atoms with Crippen LogP contribution in [-0.2, 0) is 6.42 Å². The molecule has 1 N–H and O–H groups in total. The van der Waals surface area contributed by atoms with Crippen molar-refractivity contribution in [1.29, 1.82) is 0 Å². The van der Waals surface area contributed by atoms with Crippen LogP contribution in [0.25, 0.3) is 0 Å². The van der Waals surface area contributed by atoms with Gasteiger partial charge in [0, 0.05) is 5.56 Å². The van der Waals surface area contributed by atoms with E-state index in [1.54, 1.807) is 0 Å². The summed E-state index contributed by atoms with van der Waals surface area (Å²) >= 11 is 0. The first-order valence-electron chi connectivity index (χ1n) is 5.94. The van der Waals surface area contributed by atoms with Crippen LogP contribution in [0.1, 0.15) is 18.4 Å². The molecule has 1 fully saturated rings. The summed E-state index contributed by atoms with van der Waals surface area (Å²) in [5.74, 6) is -0.546.